The molecular weight excluding hydrogens is 455 g/mol. The van der Waals surface area contributed by atoms with E-state index in [1.807, 2.05) is 0 Å². The van der Waals surface area contributed by atoms with Gasteiger partial charge in [-0.15, -0.1) is 11.8 Å². The normalized spacial score (nSPS) is 22.8. The van der Waals surface area contributed by atoms with Gasteiger partial charge in [-0.3, -0.25) is 4.79 Å². The Kier molecular flexibility index (Phi) is 6.56. The van der Waals surface area contributed by atoms with E-state index in [1.54, 1.807) is 0 Å². The molecule has 0 aromatic heterocycles. The SMILES string of the molecule is COc1c([C@@H]2C[C@](C)(C(F)(F)F)S[C@H]2C(=O)Nc2cccc(N=[N+]=[N-])c2)ccc(F)c1F. The summed E-state index contributed by atoms with van der Waals surface area (Å²) in [4.78, 5) is 15.7. The van der Waals surface area contributed by atoms with Crippen LogP contribution >= 0.6 is 11.8 Å². The Morgan fingerprint density at radius 2 is 2.03 bits per heavy atom. The van der Waals surface area contributed by atoms with E-state index >= 15 is 0 Å². The minimum atomic E-state index is -4.65. The van der Waals surface area contributed by atoms with Crippen molar-refractivity contribution in [2.45, 2.75) is 35.4 Å². The number of ether oxygens (including phenoxy) is 1. The Bertz CT molecular complexity index is 1090. The van der Waals surface area contributed by atoms with Gasteiger partial charge < -0.3 is 10.1 Å². The molecule has 1 aliphatic heterocycles. The van der Waals surface area contributed by atoms with Crippen molar-refractivity contribution in [2.75, 3.05) is 12.4 Å². The molecule has 0 unspecified atom stereocenters. The summed E-state index contributed by atoms with van der Waals surface area (Å²) in [5.74, 6) is -4.97. The van der Waals surface area contributed by atoms with Crippen LogP contribution in [-0.4, -0.2) is 29.2 Å². The molecular formula is C20H17F5N4O2S. The maximum atomic E-state index is 14.3. The molecule has 1 aliphatic rings. The molecule has 32 heavy (non-hydrogen) atoms. The molecule has 1 heterocycles. The number of methoxy groups -OCH3 is 1. The van der Waals surface area contributed by atoms with Crippen LogP contribution in [0.25, 0.3) is 10.4 Å². The van der Waals surface area contributed by atoms with Gasteiger partial charge in [-0.1, -0.05) is 23.3 Å². The summed E-state index contributed by atoms with van der Waals surface area (Å²) in [5, 5.41) is 4.64. The monoisotopic (exact) mass is 472 g/mol. The third-order valence-electron chi connectivity index (χ3n) is 5.18. The number of anilines is 1. The molecule has 1 N–H and O–H groups in total. The van der Waals surface area contributed by atoms with Crippen molar-refractivity contribution >= 4 is 29.0 Å². The van der Waals surface area contributed by atoms with Crippen LogP contribution in [0, 0.1) is 11.6 Å². The van der Waals surface area contributed by atoms with Crippen LogP contribution in [0.4, 0.5) is 33.3 Å². The number of carbonyl (C=O) groups excluding carboxylic acids is 1. The molecule has 0 radical (unpaired) electrons. The highest BCUT2D eigenvalue weighted by atomic mass is 32.2. The predicted octanol–water partition coefficient (Wildman–Crippen LogP) is 6.46. The molecule has 1 saturated heterocycles. The van der Waals surface area contributed by atoms with E-state index < -0.39 is 51.8 Å². The molecule has 0 aliphatic carbocycles. The minimum absolute atomic E-state index is 0.0325. The molecule has 0 spiro atoms. The number of hydrogen-bond acceptors (Lipinski definition) is 4. The highest BCUT2D eigenvalue weighted by Gasteiger charge is 2.60. The summed E-state index contributed by atoms with van der Waals surface area (Å²) in [5.41, 5.74) is 8.91. The molecule has 2 aromatic carbocycles. The van der Waals surface area contributed by atoms with Gasteiger partial charge in [0.1, 0.15) is 4.75 Å². The highest BCUT2D eigenvalue weighted by Crippen LogP contribution is 2.59. The predicted molar refractivity (Wildman–Crippen MR) is 110 cm³/mol. The number of nitrogens with zero attached hydrogens (tertiary/aromatic N) is 3. The average Bonchev–Trinajstić information content (AvgIpc) is 3.09. The Hall–Kier alpha value is -2.98. The number of amides is 1. The first-order valence-electron chi connectivity index (χ1n) is 9.23. The maximum Gasteiger partial charge on any atom is 0.403 e. The third-order valence-corrected chi connectivity index (χ3v) is 6.89. The van der Waals surface area contributed by atoms with Crippen molar-refractivity contribution in [3.05, 3.63) is 64.0 Å². The van der Waals surface area contributed by atoms with Crippen molar-refractivity contribution in [1.29, 1.82) is 0 Å². The smallest absolute Gasteiger partial charge is 0.403 e. The number of nitrogens with one attached hydrogen (secondary N) is 1. The van der Waals surface area contributed by atoms with Crippen molar-refractivity contribution < 1.29 is 31.5 Å². The van der Waals surface area contributed by atoms with Gasteiger partial charge in [0.05, 0.1) is 12.4 Å². The Balaban J connectivity index is 2.01. The van der Waals surface area contributed by atoms with E-state index in [1.165, 1.54) is 24.3 Å². The van der Waals surface area contributed by atoms with Crippen molar-refractivity contribution in [1.82, 2.24) is 0 Å². The lowest BCUT2D eigenvalue weighted by atomic mass is 9.85. The fraction of sp³-hybridized carbons (Fsp3) is 0.350. The number of carbonyl (C=O) groups is 1. The molecule has 1 fully saturated rings. The summed E-state index contributed by atoms with van der Waals surface area (Å²) in [6.45, 7) is 0.965. The minimum Gasteiger partial charge on any atom is -0.493 e. The zero-order chi connectivity index (χ0) is 23.7. The van der Waals surface area contributed by atoms with Gasteiger partial charge >= 0.3 is 6.18 Å². The van der Waals surface area contributed by atoms with E-state index in [0.29, 0.717) is 11.8 Å². The topological polar surface area (TPSA) is 87.1 Å². The van der Waals surface area contributed by atoms with E-state index in [9.17, 15) is 26.7 Å². The van der Waals surface area contributed by atoms with Gasteiger partial charge in [-0.2, -0.15) is 17.6 Å². The number of benzene rings is 2. The van der Waals surface area contributed by atoms with Crippen molar-refractivity contribution in [2.24, 2.45) is 5.11 Å². The Morgan fingerprint density at radius 1 is 1.31 bits per heavy atom. The molecule has 1 amide bonds. The van der Waals surface area contributed by atoms with Gasteiger partial charge in [0, 0.05) is 27.8 Å². The summed E-state index contributed by atoms with van der Waals surface area (Å²) in [6.07, 6.45) is -5.20. The molecule has 170 valence electrons. The fourth-order valence-corrected chi connectivity index (χ4v) is 5.13. The summed E-state index contributed by atoms with van der Waals surface area (Å²) in [6, 6.07) is 7.73. The summed E-state index contributed by atoms with van der Waals surface area (Å²) < 4.78 is 71.9. The van der Waals surface area contributed by atoms with Crippen LogP contribution in [-0.2, 0) is 4.79 Å². The second kappa shape index (κ2) is 8.87. The first kappa shape index (κ1) is 23.7. The lowest BCUT2D eigenvalue weighted by Gasteiger charge is -2.26. The van der Waals surface area contributed by atoms with E-state index in [0.717, 1.165) is 26.2 Å². The first-order chi connectivity index (χ1) is 15.0. The zero-order valence-electron chi connectivity index (χ0n) is 16.8. The molecule has 0 bridgehead atoms. The second-order valence-corrected chi connectivity index (χ2v) is 8.94. The average molecular weight is 472 g/mol. The van der Waals surface area contributed by atoms with E-state index in [4.69, 9.17) is 10.3 Å². The summed E-state index contributed by atoms with van der Waals surface area (Å²) in [7, 11) is 1.07. The lowest BCUT2D eigenvalue weighted by Crippen LogP contribution is -2.37. The molecule has 3 rings (SSSR count). The molecule has 0 saturated carbocycles. The van der Waals surface area contributed by atoms with E-state index in [-0.39, 0.29) is 16.9 Å². The fourth-order valence-electron chi connectivity index (χ4n) is 3.59. The Labute approximate surface area is 183 Å². The quantitative estimate of drug-likeness (QED) is 0.234. The van der Waals surface area contributed by atoms with Crippen LogP contribution in [0.1, 0.15) is 24.8 Å². The maximum absolute atomic E-state index is 14.3. The highest BCUT2D eigenvalue weighted by molar-refractivity contribution is 8.02. The van der Waals surface area contributed by atoms with Crippen LogP contribution < -0.4 is 10.1 Å². The molecule has 6 nitrogen and oxygen atoms in total. The lowest BCUT2D eigenvalue weighted by molar-refractivity contribution is -0.155. The molecule has 3 atom stereocenters. The van der Waals surface area contributed by atoms with Gasteiger partial charge in [0.2, 0.25) is 11.7 Å². The van der Waals surface area contributed by atoms with Crippen LogP contribution in [0.3, 0.4) is 0 Å². The standard InChI is InChI=1S/C20H17F5N4O2S/c1-19(20(23,24)25)9-13(12-6-7-14(21)15(22)16(12)31-2)17(32-19)18(30)27-10-4-3-5-11(8-10)28-29-26/h3-8,13,17H,9H2,1-2H3,(H,27,30)/t13-,17+,19+/m0/s1. The van der Waals surface area contributed by atoms with Crippen LogP contribution in [0.2, 0.25) is 0 Å². The number of hydrogen-bond donors (Lipinski definition) is 1. The number of thioether (sulfide) groups is 1. The number of rotatable bonds is 5. The largest absolute Gasteiger partial charge is 0.493 e. The second-order valence-electron chi connectivity index (χ2n) is 7.29. The van der Waals surface area contributed by atoms with E-state index in [2.05, 4.69) is 15.3 Å². The van der Waals surface area contributed by atoms with Gasteiger partial charge in [-0.25, -0.2) is 4.39 Å². The van der Waals surface area contributed by atoms with Crippen LogP contribution in [0.15, 0.2) is 41.5 Å². The van der Waals surface area contributed by atoms with Crippen molar-refractivity contribution in [3.8, 4) is 5.75 Å². The third kappa shape index (κ3) is 4.46. The number of azide groups is 1. The van der Waals surface area contributed by atoms with Gasteiger partial charge in [0.25, 0.3) is 0 Å². The van der Waals surface area contributed by atoms with Gasteiger partial charge in [-0.05, 0) is 37.1 Å². The summed E-state index contributed by atoms with van der Waals surface area (Å²) >= 11 is 0.403. The number of halogens is 5. The molecule has 12 heteroatoms. The first-order valence-corrected chi connectivity index (χ1v) is 10.1. The zero-order valence-corrected chi connectivity index (χ0v) is 17.6. The number of alkyl halides is 3. The van der Waals surface area contributed by atoms with Crippen molar-refractivity contribution in [3.63, 3.8) is 0 Å². The van der Waals surface area contributed by atoms with Gasteiger partial charge in [0.15, 0.2) is 11.6 Å². The van der Waals surface area contributed by atoms with Crippen LogP contribution in [0.5, 0.6) is 5.75 Å². The Morgan fingerprint density at radius 3 is 2.66 bits per heavy atom. The molecule has 2 aromatic rings.